The molecule has 6 nitrogen and oxygen atoms in total. The molecule has 1 fully saturated rings. The van der Waals surface area contributed by atoms with Crippen molar-refractivity contribution in [1.29, 1.82) is 0 Å². The van der Waals surface area contributed by atoms with Crippen LogP contribution >= 0.6 is 0 Å². The van der Waals surface area contributed by atoms with Gasteiger partial charge in [0.05, 0.1) is 6.61 Å². The third-order valence-electron chi connectivity index (χ3n) is 1.94. The average Bonchev–Trinajstić information content (AvgIpc) is 2.08. The normalized spacial score (nSPS) is 30.7. The third-order valence-corrected chi connectivity index (χ3v) is 1.94. The Labute approximate surface area is 87.1 Å². The molecule has 0 aromatic heterocycles. The van der Waals surface area contributed by atoms with E-state index >= 15 is 0 Å². The van der Waals surface area contributed by atoms with Crippen LogP contribution in [0.4, 0.5) is 0 Å². The van der Waals surface area contributed by atoms with Crippen molar-refractivity contribution in [2.75, 3.05) is 6.61 Å². The molecule has 1 aliphatic rings. The van der Waals surface area contributed by atoms with Gasteiger partial charge in [-0.15, -0.1) is 0 Å². The van der Waals surface area contributed by atoms with Crippen molar-refractivity contribution in [2.24, 2.45) is 0 Å². The van der Waals surface area contributed by atoms with Crippen molar-refractivity contribution in [2.45, 2.75) is 38.8 Å². The lowest BCUT2D eigenvalue weighted by molar-refractivity contribution is -0.216. The van der Waals surface area contributed by atoms with E-state index in [0.29, 0.717) is 0 Å². The molecule has 0 spiro atoms. The summed E-state index contributed by atoms with van der Waals surface area (Å²) in [6.07, 6.45) is -2.16. The maximum absolute atomic E-state index is 10.8. The van der Waals surface area contributed by atoms with Crippen molar-refractivity contribution in [3.05, 3.63) is 0 Å². The van der Waals surface area contributed by atoms with Crippen molar-refractivity contribution < 1.29 is 28.9 Å². The van der Waals surface area contributed by atoms with E-state index in [2.05, 4.69) is 0 Å². The first kappa shape index (κ1) is 11.9. The SMILES string of the molecule is CC(=O)O[C@H]1CO[C@H](O)C[C@H]1OC(C)=O. The lowest BCUT2D eigenvalue weighted by Crippen LogP contribution is -2.45. The van der Waals surface area contributed by atoms with Crippen LogP contribution in [0.5, 0.6) is 0 Å². The van der Waals surface area contributed by atoms with Crippen LogP contribution in [0.1, 0.15) is 20.3 Å². The van der Waals surface area contributed by atoms with Gasteiger partial charge in [0.1, 0.15) is 6.10 Å². The Morgan fingerprint density at radius 3 is 2.27 bits per heavy atom. The van der Waals surface area contributed by atoms with Gasteiger partial charge in [-0.3, -0.25) is 9.59 Å². The van der Waals surface area contributed by atoms with Gasteiger partial charge in [-0.25, -0.2) is 0 Å². The van der Waals surface area contributed by atoms with Crippen molar-refractivity contribution in [1.82, 2.24) is 0 Å². The molecule has 0 saturated carbocycles. The largest absolute Gasteiger partial charge is 0.458 e. The van der Waals surface area contributed by atoms with Crippen LogP contribution in [0.25, 0.3) is 0 Å². The number of esters is 2. The minimum absolute atomic E-state index is 0.0265. The molecule has 6 heteroatoms. The number of ether oxygens (including phenoxy) is 3. The fourth-order valence-corrected chi connectivity index (χ4v) is 1.39. The molecule has 1 heterocycles. The highest BCUT2D eigenvalue weighted by molar-refractivity contribution is 5.67. The predicted octanol–water partition coefficient (Wildman–Crippen LogP) is -0.412. The molecule has 1 rings (SSSR count). The molecule has 0 aromatic carbocycles. The predicted molar refractivity (Wildman–Crippen MR) is 47.7 cm³/mol. The zero-order valence-corrected chi connectivity index (χ0v) is 8.63. The van der Waals surface area contributed by atoms with Gasteiger partial charge in [-0.2, -0.15) is 0 Å². The highest BCUT2D eigenvalue weighted by Crippen LogP contribution is 2.19. The topological polar surface area (TPSA) is 82.1 Å². The van der Waals surface area contributed by atoms with Crippen LogP contribution < -0.4 is 0 Å². The Morgan fingerprint density at radius 2 is 1.73 bits per heavy atom. The van der Waals surface area contributed by atoms with E-state index in [1.807, 2.05) is 0 Å². The average molecular weight is 218 g/mol. The number of aliphatic hydroxyl groups is 1. The number of carbonyl (C=O) groups is 2. The molecular formula is C9H14O6. The molecule has 0 amide bonds. The quantitative estimate of drug-likeness (QED) is 0.634. The molecule has 0 unspecified atom stereocenters. The number of rotatable bonds is 2. The Kier molecular flexibility index (Phi) is 4.05. The molecule has 15 heavy (non-hydrogen) atoms. The highest BCUT2D eigenvalue weighted by atomic mass is 16.6. The second-order valence-electron chi connectivity index (χ2n) is 3.32. The summed E-state index contributed by atoms with van der Waals surface area (Å²) in [5.41, 5.74) is 0. The second-order valence-corrected chi connectivity index (χ2v) is 3.32. The summed E-state index contributed by atoms with van der Waals surface area (Å²) < 4.78 is 14.7. The number of hydrogen-bond acceptors (Lipinski definition) is 6. The Hall–Kier alpha value is -1.14. The van der Waals surface area contributed by atoms with Crippen molar-refractivity contribution in [3.8, 4) is 0 Å². The molecule has 0 bridgehead atoms. The Morgan fingerprint density at radius 1 is 1.20 bits per heavy atom. The van der Waals surface area contributed by atoms with E-state index < -0.39 is 30.4 Å². The van der Waals surface area contributed by atoms with Crippen LogP contribution in [0.15, 0.2) is 0 Å². The Bertz CT molecular complexity index is 251. The van der Waals surface area contributed by atoms with Crippen LogP contribution in [-0.4, -0.2) is 42.1 Å². The Balaban J connectivity index is 2.57. The zero-order chi connectivity index (χ0) is 11.4. The standard InChI is InChI=1S/C9H14O6/c1-5(10)14-7-3-9(12)13-4-8(7)15-6(2)11/h7-9,12H,3-4H2,1-2H3/t7-,8+,9+/m1/s1. The fourth-order valence-electron chi connectivity index (χ4n) is 1.39. The number of hydrogen-bond donors (Lipinski definition) is 1. The van der Waals surface area contributed by atoms with Gasteiger partial charge in [0.2, 0.25) is 0 Å². The molecule has 3 atom stereocenters. The van der Waals surface area contributed by atoms with E-state index in [-0.39, 0.29) is 13.0 Å². The minimum Gasteiger partial charge on any atom is -0.458 e. The van der Waals surface area contributed by atoms with E-state index in [4.69, 9.17) is 14.2 Å². The van der Waals surface area contributed by atoms with Crippen molar-refractivity contribution in [3.63, 3.8) is 0 Å². The summed E-state index contributed by atoms with van der Waals surface area (Å²) in [6, 6.07) is 0. The summed E-state index contributed by atoms with van der Waals surface area (Å²) in [4.78, 5) is 21.5. The van der Waals surface area contributed by atoms with Gasteiger partial charge in [0.15, 0.2) is 12.4 Å². The van der Waals surface area contributed by atoms with E-state index in [0.717, 1.165) is 0 Å². The van der Waals surface area contributed by atoms with Crippen LogP contribution in [-0.2, 0) is 23.8 Å². The molecule has 1 saturated heterocycles. The van der Waals surface area contributed by atoms with Crippen LogP contribution in [0, 0.1) is 0 Å². The highest BCUT2D eigenvalue weighted by Gasteiger charge is 2.34. The third kappa shape index (κ3) is 3.85. The van der Waals surface area contributed by atoms with E-state index in [1.54, 1.807) is 0 Å². The molecule has 0 aromatic rings. The van der Waals surface area contributed by atoms with E-state index in [1.165, 1.54) is 13.8 Å². The summed E-state index contributed by atoms with van der Waals surface area (Å²) in [5.74, 6) is -0.955. The summed E-state index contributed by atoms with van der Waals surface area (Å²) >= 11 is 0. The maximum atomic E-state index is 10.8. The molecule has 0 aliphatic carbocycles. The smallest absolute Gasteiger partial charge is 0.303 e. The second kappa shape index (κ2) is 5.09. The van der Waals surface area contributed by atoms with Gasteiger partial charge in [-0.05, 0) is 0 Å². The molecule has 86 valence electrons. The number of carbonyl (C=O) groups excluding carboxylic acids is 2. The monoisotopic (exact) mass is 218 g/mol. The van der Waals surface area contributed by atoms with Gasteiger partial charge in [-0.1, -0.05) is 0 Å². The zero-order valence-electron chi connectivity index (χ0n) is 8.63. The van der Waals surface area contributed by atoms with Gasteiger partial charge in [0.25, 0.3) is 0 Å². The van der Waals surface area contributed by atoms with Crippen molar-refractivity contribution >= 4 is 11.9 Å². The summed E-state index contributed by atoms with van der Waals surface area (Å²) in [6.45, 7) is 2.54. The van der Waals surface area contributed by atoms with Gasteiger partial charge < -0.3 is 19.3 Å². The lowest BCUT2D eigenvalue weighted by atomic mass is 10.1. The molecule has 0 radical (unpaired) electrons. The lowest BCUT2D eigenvalue weighted by Gasteiger charge is -2.32. The summed E-state index contributed by atoms with van der Waals surface area (Å²) in [7, 11) is 0. The van der Waals surface area contributed by atoms with E-state index in [9.17, 15) is 14.7 Å². The van der Waals surface area contributed by atoms with Gasteiger partial charge >= 0.3 is 11.9 Å². The fraction of sp³-hybridized carbons (Fsp3) is 0.778. The first-order valence-corrected chi connectivity index (χ1v) is 4.63. The van der Waals surface area contributed by atoms with Crippen LogP contribution in [0.2, 0.25) is 0 Å². The molecule has 1 N–H and O–H groups in total. The van der Waals surface area contributed by atoms with Gasteiger partial charge in [0, 0.05) is 20.3 Å². The first-order chi connectivity index (χ1) is 6.99. The minimum atomic E-state index is -0.985. The molecule has 1 aliphatic heterocycles. The van der Waals surface area contributed by atoms with Crippen LogP contribution in [0.3, 0.4) is 0 Å². The maximum Gasteiger partial charge on any atom is 0.303 e. The number of aliphatic hydroxyl groups excluding tert-OH is 1. The molecular weight excluding hydrogens is 204 g/mol. The summed E-state index contributed by atoms with van der Waals surface area (Å²) in [5, 5.41) is 9.19. The first-order valence-electron chi connectivity index (χ1n) is 4.63.